The fourth-order valence-electron chi connectivity index (χ4n) is 10.5. The standard InChI is InChI=1S/C35H57NO5/c1-23-18-32-33(36(22-23)12-13-39-16-17-40-15-14-38-5)25(3)35(41-32)11-9-28-29-7-6-26-19-27(37)8-10-34(26,4)31(29)20-30(28)24(2)21-35/h6,23,25,27-29,31-33,37H,7-22H2,1-5H3/t23-,25+,27-,28-,29-,31-,32+,33-,34-,35?/m0/s1. The Hall–Kier alpha value is -0.760. The smallest absolute Gasteiger partial charge is 0.0765 e. The van der Waals surface area contributed by atoms with Crippen LogP contribution in [0.5, 0.6) is 0 Å². The monoisotopic (exact) mass is 571 g/mol. The van der Waals surface area contributed by atoms with Crippen molar-refractivity contribution >= 4 is 0 Å². The zero-order valence-corrected chi connectivity index (χ0v) is 26.5. The Morgan fingerprint density at radius 3 is 2.63 bits per heavy atom. The topological polar surface area (TPSA) is 60.4 Å². The van der Waals surface area contributed by atoms with E-state index in [4.69, 9.17) is 18.9 Å². The molecule has 6 rings (SSSR count). The number of nitrogens with zero attached hydrogens (tertiary/aromatic N) is 1. The molecule has 2 saturated carbocycles. The highest BCUT2D eigenvalue weighted by molar-refractivity contribution is 5.34. The minimum Gasteiger partial charge on any atom is -0.393 e. The van der Waals surface area contributed by atoms with Gasteiger partial charge < -0.3 is 24.1 Å². The molecule has 1 N–H and O–H groups in total. The Morgan fingerprint density at radius 1 is 1.05 bits per heavy atom. The molecule has 2 heterocycles. The molecule has 0 aromatic rings. The fourth-order valence-corrected chi connectivity index (χ4v) is 10.5. The van der Waals surface area contributed by atoms with Gasteiger partial charge in [0.05, 0.1) is 50.8 Å². The first-order chi connectivity index (χ1) is 19.8. The first kappa shape index (κ1) is 30.3. The van der Waals surface area contributed by atoms with Crippen LogP contribution in [-0.2, 0) is 18.9 Å². The SMILES string of the molecule is COCCOCCOCCN1C[C@@H](C)C[C@H]2OC3(CC[C@@H]4C(=C(C)C3)C[C@H]3[C@H]4CC=C4C[C@@H](O)CC[C@@]43C)[C@H](C)[C@@H]21. The molecule has 1 unspecified atom stereocenters. The van der Waals surface area contributed by atoms with E-state index in [2.05, 4.69) is 38.7 Å². The molecule has 232 valence electrons. The Kier molecular flexibility index (Phi) is 9.10. The summed E-state index contributed by atoms with van der Waals surface area (Å²) in [5, 5.41) is 10.4. The quantitative estimate of drug-likeness (QED) is 0.280. The third kappa shape index (κ3) is 5.64. The van der Waals surface area contributed by atoms with E-state index in [1.165, 1.54) is 32.1 Å². The van der Waals surface area contributed by atoms with Crippen LogP contribution < -0.4 is 0 Å². The summed E-state index contributed by atoms with van der Waals surface area (Å²) in [5.74, 6) is 3.42. The summed E-state index contributed by atoms with van der Waals surface area (Å²) >= 11 is 0. The van der Waals surface area contributed by atoms with Crippen LogP contribution in [0, 0.1) is 35.0 Å². The molecule has 0 amide bonds. The van der Waals surface area contributed by atoms with Crippen molar-refractivity contribution in [3.05, 3.63) is 22.8 Å². The molecule has 6 aliphatic rings. The summed E-state index contributed by atoms with van der Waals surface area (Å²) in [6.07, 6.45) is 13.0. The number of aliphatic hydroxyl groups excluding tert-OH is 1. The number of hydrogen-bond donors (Lipinski definition) is 1. The molecule has 0 aromatic heterocycles. The average molecular weight is 572 g/mol. The van der Waals surface area contributed by atoms with Crippen molar-refractivity contribution < 1.29 is 24.1 Å². The maximum atomic E-state index is 10.4. The summed E-state index contributed by atoms with van der Waals surface area (Å²) in [6.45, 7) is 15.3. The van der Waals surface area contributed by atoms with Gasteiger partial charge >= 0.3 is 0 Å². The number of fused-ring (bicyclic) bond motifs is 6. The number of allylic oxidation sites excluding steroid dienone is 2. The number of piperidine rings is 1. The van der Waals surface area contributed by atoms with E-state index < -0.39 is 0 Å². The van der Waals surface area contributed by atoms with Crippen LogP contribution in [0.1, 0.15) is 85.5 Å². The lowest BCUT2D eigenvalue weighted by Gasteiger charge is -2.49. The van der Waals surface area contributed by atoms with E-state index in [-0.39, 0.29) is 11.7 Å². The van der Waals surface area contributed by atoms with Crippen LogP contribution in [0.25, 0.3) is 0 Å². The van der Waals surface area contributed by atoms with Crippen LogP contribution in [0.2, 0.25) is 0 Å². The van der Waals surface area contributed by atoms with Gasteiger partial charge in [-0.25, -0.2) is 0 Å². The molecule has 6 heteroatoms. The van der Waals surface area contributed by atoms with Gasteiger partial charge in [0, 0.05) is 32.2 Å². The van der Waals surface area contributed by atoms with Gasteiger partial charge in [0.15, 0.2) is 0 Å². The minimum atomic E-state index is -0.128. The first-order valence-electron chi connectivity index (χ1n) is 16.9. The summed E-state index contributed by atoms with van der Waals surface area (Å²) in [5.41, 5.74) is 5.26. The Labute approximate surface area is 249 Å². The Bertz CT molecular complexity index is 995. The van der Waals surface area contributed by atoms with Gasteiger partial charge in [-0.1, -0.05) is 43.6 Å². The lowest BCUT2D eigenvalue weighted by molar-refractivity contribution is -0.0806. The van der Waals surface area contributed by atoms with Crippen molar-refractivity contribution in [2.75, 3.05) is 53.2 Å². The van der Waals surface area contributed by atoms with Crippen LogP contribution in [0.3, 0.4) is 0 Å². The Balaban J connectivity index is 1.12. The van der Waals surface area contributed by atoms with Gasteiger partial charge in [-0.05, 0) is 93.8 Å². The second-order valence-electron chi connectivity index (χ2n) is 14.9. The van der Waals surface area contributed by atoms with Gasteiger partial charge in [0.1, 0.15) is 0 Å². The lowest BCUT2D eigenvalue weighted by Crippen LogP contribution is -2.52. The first-order valence-corrected chi connectivity index (χ1v) is 16.9. The van der Waals surface area contributed by atoms with E-state index in [0.717, 1.165) is 57.2 Å². The molecule has 1 spiro atoms. The van der Waals surface area contributed by atoms with Crippen molar-refractivity contribution in [2.45, 2.75) is 109 Å². The van der Waals surface area contributed by atoms with Crippen molar-refractivity contribution in [1.29, 1.82) is 0 Å². The largest absolute Gasteiger partial charge is 0.393 e. The number of likely N-dealkylation sites (tertiary alicyclic amines) is 1. The summed E-state index contributed by atoms with van der Waals surface area (Å²) < 4.78 is 23.9. The maximum Gasteiger partial charge on any atom is 0.0765 e. The molecule has 10 atom stereocenters. The average Bonchev–Trinajstić information content (AvgIpc) is 3.40. The summed E-state index contributed by atoms with van der Waals surface area (Å²) in [7, 11) is 1.70. The molecule has 41 heavy (non-hydrogen) atoms. The molecule has 4 fully saturated rings. The lowest BCUT2D eigenvalue weighted by atomic mass is 9.56. The minimum absolute atomic E-state index is 0.0286. The molecular weight excluding hydrogens is 514 g/mol. The summed E-state index contributed by atoms with van der Waals surface area (Å²) in [6, 6.07) is 0.490. The van der Waals surface area contributed by atoms with Crippen LogP contribution in [0.15, 0.2) is 22.8 Å². The van der Waals surface area contributed by atoms with Gasteiger partial charge in [-0.3, -0.25) is 4.90 Å². The highest BCUT2D eigenvalue weighted by Crippen LogP contribution is 2.63. The van der Waals surface area contributed by atoms with Crippen molar-refractivity contribution in [2.24, 2.45) is 35.0 Å². The third-order valence-electron chi connectivity index (χ3n) is 12.6. The highest BCUT2D eigenvalue weighted by Gasteiger charge is 2.59. The molecule has 2 saturated heterocycles. The Morgan fingerprint density at radius 2 is 1.83 bits per heavy atom. The third-order valence-corrected chi connectivity index (χ3v) is 12.6. The number of methoxy groups -OCH3 is 1. The predicted octanol–water partition coefficient (Wildman–Crippen LogP) is 5.78. The zero-order chi connectivity index (χ0) is 28.8. The van der Waals surface area contributed by atoms with Crippen LogP contribution in [0.4, 0.5) is 0 Å². The molecular formula is C35H57NO5. The molecule has 0 bridgehead atoms. The van der Waals surface area contributed by atoms with E-state index in [9.17, 15) is 5.11 Å². The van der Waals surface area contributed by atoms with Gasteiger partial charge in [0.25, 0.3) is 0 Å². The van der Waals surface area contributed by atoms with E-state index >= 15 is 0 Å². The van der Waals surface area contributed by atoms with Gasteiger partial charge in [-0.2, -0.15) is 0 Å². The summed E-state index contributed by atoms with van der Waals surface area (Å²) in [4.78, 5) is 2.71. The van der Waals surface area contributed by atoms with Gasteiger partial charge in [-0.15, -0.1) is 0 Å². The number of ether oxygens (including phenoxy) is 4. The molecule has 4 aliphatic carbocycles. The highest BCUT2D eigenvalue weighted by atomic mass is 16.5. The van der Waals surface area contributed by atoms with Crippen LogP contribution >= 0.6 is 0 Å². The van der Waals surface area contributed by atoms with Crippen molar-refractivity contribution in [1.82, 2.24) is 4.90 Å². The van der Waals surface area contributed by atoms with E-state index in [0.29, 0.717) is 61.7 Å². The maximum absolute atomic E-state index is 10.4. The van der Waals surface area contributed by atoms with Crippen LogP contribution in [-0.4, -0.2) is 87.1 Å². The second kappa shape index (κ2) is 12.3. The van der Waals surface area contributed by atoms with Crippen molar-refractivity contribution in [3.8, 4) is 0 Å². The van der Waals surface area contributed by atoms with Crippen molar-refractivity contribution in [3.63, 3.8) is 0 Å². The number of hydrogen-bond acceptors (Lipinski definition) is 6. The normalized spacial score (nSPS) is 44.3. The predicted molar refractivity (Wildman–Crippen MR) is 162 cm³/mol. The van der Waals surface area contributed by atoms with E-state index in [1.807, 2.05) is 0 Å². The van der Waals surface area contributed by atoms with E-state index in [1.54, 1.807) is 23.8 Å². The van der Waals surface area contributed by atoms with Gasteiger partial charge in [0.2, 0.25) is 0 Å². The second-order valence-corrected chi connectivity index (χ2v) is 14.9. The molecule has 0 aromatic carbocycles. The molecule has 2 aliphatic heterocycles. The fraction of sp³-hybridized carbons (Fsp3) is 0.886. The molecule has 0 radical (unpaired) electrons. The number of aliphatic hydroxyl groups is 1. The molecule has 6 nitrogen and oxygen atoms in total. The number of rotatable bonds is 9. The zero-order valence-electron chi connectivity index (χ0n) is 26.5.